The molecule has 0 aromatic rings. The van der Waals surface area contributed by atoms with E-state index in [-0.39, 0.29) is 17.1 Å². The lowest BCUT2D eigenvalue weighted by molar-refractivity contribution is -0.0313. The normalized spacial score (nSPS) is 26.0. The molecule has 23 heavy (non-hydrogen) atoms. The quantitative estimate of drug-likeness (QED) is 0.824. The third kappa shape index (κ3) is 5.10. The van der Waals surface area contributed by atoms with Gasteiger partial charge in [0, 0.05) is 23.7 Å². The Bertz CT molecular complexity index is 381. The van der Waals surface area contributed by atoms with Crippen LogP contribution in [0.5, 0.6) is 0 Å². The third-order valence-electron chi connectivity index (χ3n) is 6.17. The van der Waals surface area contributed by atoms with Gasteiger partial charge in [0.1, 0.15) is 0 Å². The number of amides is 2. The van der Waals surface area contributed by atoms with Crippen LogP contribution in [0, 0.1) is 5.92 Å². The summed E-state index contributed by atoms with van der Waals surface area (Å²) in [4.78, 5) is 14.5. The van der Waals surface area contributed by atoms with Crippen LogP contribution in [-0.2, 0) is 0 Å². The maximum atomic E-state index is 12.0. The minimum atomic E-state index is 0.0309. The molecule has 0 atom stereocenters. The number of nitrogens with one attached hydrogen (secondary N) is 2. The van der Waals surface area contributed by atoms with Crippen LogP contribution in [0.25, 0.3) is 0 Å². The van der Waals surface area contributed by atoms with Crippen molar-refractivity contribution in [2.75, 3.05) is 13.6 Å². The van der Waals surface area contributed by atoms with Crippen LogP contribution in [0.2, 0.25) is 0 Å². The molecule has 2 amide bonds. The highest BCUT2D eigenvalue weighted by Crippen LogP contribution is 2.41. The first kappa shape index (κ1) is 18.6. The van der Waals surface area contributed by atoms with Crippen molar-refractivity contribution in [3.8, 4) is 0 Å². The Morgan fingerprint density at radius 2 is 1.61 bits per heavy atom. The molecule has 0 bridgehead atoms. The maximum Gasteiger partial charge on any atom is 0.315 e. The first-order valence-corrected chi connectivity index (χ1v) is 9.49. The topological polar surface area (TPSA) is 44.4 Å². The van der Waals surface area contributed by atoms with Gasteiger partial charge in [-0.15, -0.1) is 0 Å². The lowest BCUT2D eigenvalue weighted by atomic mass is 9.73. The molecule has 1 saturated heterocycles. The summed E-state index contributed by atoms with van der Waals surface area (Å²) in [7, 11) is 2.24. The van der Waals surface area contributed by atoms with Crippen LogP contribution in [0.4, 0.5) is 4.79 Å². The van der Waals surface area contributed by atoms with Gasteiger partial charge in [-0.3, -0.25) is 4.90 Å². The van der Waals surface area contributed by atoms with Gasteiger partial charge in [0.05, 0.1) is 0 Å². The molecule has 2 N–H and O–H groups in total. The monoisotopic (exact) mass is 323 g/mol. The lowest BCUT2D eigenvalue weighted by Crippen LogP contribution is -2.58. The molecule has 4 nitrogen and oxygen atoms in total. The molecule has 0 unspecified atom stereocenters. The van der Waals surface area contributed by atoms with E-state index in [4.69, 9.17) is 0 Å². The van der Waals surface area contributed by atoms with Gasteiger partial charge in [-0.25, -0.2) is 4.79 Å². The van der Waals surface area contributed by atoms with Crippen molar-refractivity contribution < 1.29 is 4.79 Å². The van der Waals surface area contributed by atoms with E-state index in [1.54, 1.807) is 0 Å². The SMILES string of the molecule is CN1C(C)(C)CC(CCNC(=O)NC2CCCCC2)CC1(C)C. The molecule has 1 heterocycles. The van der Waals surface area contributed by atoms with Gasteiger partial charge < -0.3 is 10.6 Å². The van der Waals surface area contributed by atoms with Gasteiger partial charge in [0.15, 0.2) is 0 Å². The van der Waals surface area contributed by atoms with Gasteiger partial charge in [-0.1, -0.05) is 19.3 Å². The fourth-order valence-electron chi connectivity index (χ4n) is 4.66. The summed E-state index contributed by atoms with van der Waals surface area (Å²) in [6.07, 6.45) is 9.61. The van der Waals surface area contributed by atoms with Crippen LogP contribution in [0.3, 0.4) is 0 Å². The Labute approximate surface area is 142 Å². The molecule has 2 fully saturated rings. The van der Waals surface area contributed by atoms with E-state index >= 15 is 0 Å². The van der Waals surface area contributed by atoms with E-state index < -0.39 is 0 Å². The summed E-state index contributed by atoms with van der Waals surface area (Å²) in [5, 5.41) is 6.22. The predicted molar refractivity (Wildman–Crippen MR) is 96.7 cm³/mol. The van der Waals surface area contributed by atoms with Crippen molar-refractivity contribution in [1.82, 2.24) is 15.5 Å². The average Bonchev–Trinajstić information content (AvgIpc) is 2.45. The molecule has 2 rings (SSSR count). The largest absolute Gasteiger partial charge is 0.338 e. The van der Waals surface area contributed by atoms with Gasteiger partial charge >= 0.3 is 6.03 Å². The Hall–Kier alpha value is -0.770. The van der Waals surface area contributed by atoms with E-state index in [1.807, 2.05) is 0 Å². The smallest absolute Gasteiger partial charge is 0.315 e. The predicted octanol–water partition coefficient (Wildman–Crippen LogP) is 3.91. The lowest BCUT2D eigenvalue weighted by Gasteiger charge is -2.53. The number of piperidine rings is 1. The second-order valence-electron chi connectivity index (χ2n) is 8.98. The zero-order valence-electron chi connectivity index (χ0n) is 15.9. The van der Waals surface area contributed by atoms with Gasteiger partial charge in [-0.05, 0) is 72.8 Å². The molecule has 0 aromatic heterocycles. The first-order chi connectivity index (χ1) is 10.7. The standard InChI is InChI=1S/C19H37N3O/c1-18(2)13-15(14-19(3,4)22(18)5)11-12-20-17(23)21-16-9-7-6-8-10-16/h15-16H,6-14H2,1-5H3,(H2,20,21,23). The Morgan fingerprint density at radius 1 is 1.04 bits per heavy atom. The van der Waals surface area contributed by atoms with E-state index in [9.17, 15) is 4.79 Å². The minimum absolute atomic E-state index is 0.0309. The van der Waals surface area contributed by atoms with Crippen LogP contribution in [0.15, 0.2) is 0 Å². The molecule has 2 aliphatic rings. The Morgan fingerprint density at radius 3 is 2.17 bits per heavy atom. The summed E-state index contributed by atoms with van der Waals surface area (Å²) in [5.74, 6) is 0.686. The molecule has 0 spiro atoms. The number of carbonyl (C=O) groups excluding carboxylic acids is 1. The molecule has 0 aromatic carbocycles. The van der Waals surface area contributed by atoms with Crippen molar-refractivity contribution in [2.24, 2.45) is 5.92 Å². The number of nitrogens with zero attached hydrogens (tertiary/aromatic N) is 1. The second-order valence-corrected chi connectivity index (χ2v) is 8.98. The first-order valence-electron chi connectivity index (χ1n) is 9.49. The molecule has 134 valence electrons. The molecule has 0 radical (unpaired) electrons. The third-order valence-corrected chi connectivity index (χ3v) is 6.17. The fourth-order valence-corrected chi connectivity index (χ4v) is 4.66. The molecule has 1 saturated carbocycles. The highest BCUT2D eigenvalue weighted by Gasteiger charge is 2.42. The van der Waals surface area contributed by atoms with Crippen molar-refractivity contribution >= 4 is 6.03 Å². The zero-order valence-corrected chi connectivity index (χ0v) is 15.9. The van der Waals surface area contributed by atoms with Gasteiger partial charge in [0.2, 0.25) is 0 Å². The van der Waals surface area contributed by atoms with Gasteiger partial charge in [-0.2, -0.15) is 0 Å². The Balaban J connectivity index is 1.72. The highest BCUT2D eigenvalue weighted by molar-refractivity contribution is 5.74. The maximum absolute atomic E-state index is 12.0. The second kappa shape index (κ2) is 7.42. The van der Waals surface area contributed by atoms with Crippen LogP contribution >= 0.6 is 0 Å². The van der Waals surface area contributed by atoms with E-state index in [0.29, 0.717) is 12.0 Å². The molecular formula is C19H37N3O. The summed E-state index contributed by atoms with van der Waals surface area (Å²) in [6.45, 7) is 10.1. The van der Waals surface area contributed by atoms with E-state index in [1.165, 1.54) is 32.1 Å². The molecule has 1 aliphatic heterocycles. The molecular weight excluding hydrogens is 286 g/mol. The van der Waals surface area contributed by atoms with Crippen LogP contribution in [0.1, 0.15) is 79.1 Å². The summed E-state index contributed by atoms with van der Waals surface area (Å²) in [6, 6.07) is 0.424. The van der Waals surface area contributed by atoms with Crippen LogP contribution < -0.4 is 10.6 Å². The number of rotatable bonds is 4. The van der Waals surface area contributed by atoms with E-state index in [2.05, 4.69) is 50.3 Å². The molecule has 1 aliphatic carbocycles. The Kier molecular flexibility index (Phi) is 5.99. The van der Waals surface area contributed by atoms with Gasteiger partial charge in [0.25, 0.3) is 0 Å². The highest BCUT2D eigenvalue weighted by atomic mass is 16.2. The number of hydrogen-bond acceptors (Lipinski definition) is 2. The number of likely N-dealkylation sites (tertiary alicyclic amines) is 1. The van der Waals surface area contributed by atoms with Crippen LogP contribution in [-0.4, -0.2) is 41.6 Å². The van der Waals surface area contributed by atoms with Crippen molar-refractivity contribution in [1.29, 1.82) is 0 Å². The molecule has 4 heteroatoms. The minimum Gasteiger partial charge on any atom is -0.338 e. The summed E-state index contributed by atoms with van der Waals surface area (Å²) < 4.78 is 0. The number of carbonyl (C=O) groups is 1. The average molecular weight is 324 g/mol. The van der Waals surface area contributed by atoms with E-state index in [0.717, 1.165) is 25.8 Å². The van der Waals surface area contributed by atoms with Crippen molar-refractivity contribution in [3.63, 3.8) is 0 Å². The fraction of sp³-hybridized carbons (Fsp3) is 0.947. The summed E-state index contributed by atoms with van der Waals surface area (Å²) >= 11 is 0. The zero-order chi connectivity index (χ0) is 17.1. The number of hydrogen-bond donors (Lipinski definition) is 2. The van der Waals surface area contributed by atoms with Crippen molar-refractivity contribution in [3.05, 3.63) is 0 Å². The summed E-state index contributed by atoms with van der Waals surface area (Å²) in [5.41, 5.74) is 0.466. The number of urea groups is 1. The van der Waals surface area contributed by atoms with Crippen molar-refractivity contribution in [2.45, 2.75) is 96.2 Å².